The molecule has 0 saturated heterocycles. The summed E-state index contributed by atoms with van der Waals surface area (Å²) in [7, 11) is 2.83. The van der Waals surface area contributed by atoms with Gasteiger partial charge in [0.05, 0.1) is 20.5 Å². The quantitative estimate of drug-likeness (QED) is 0.216. The Hall–Kier alpha value is -3.26. The van der Waals surface area contributed by atoms with Crippen molar-refractivity contribution in [3.05, 3.63) is 72.0 Å². The minimum Gasteiger partial charge on any atom is -0.503 e. The normalized spacial score (nSPS) is 11.3. The van der Waals surface area contributed by atoms with Crippen LogP contribution in [0.1, 0.15) is 11.1 Å². The van der Waals surface area contributed by atoms with Gasteiger partial charge >= 0.3 is 5.97 Å². The third kappa shape index (κ3) is 4.17. The van der Waals surface area contributed by atoms with Crippen LogP contribution >= 0.6 is 11.8 Å². The third-order valence-corrected chi connectivity index (χ3v) is 4.99. The molecule has 3 aromatic rings. The second kappa shape index (κ2) is 9.09. The van der Waals surface area contributed by atoms with E-state index < -0.39 is 5.97 Å². The highest BCUT2D eigenvalue weighted by Crippen LogP contribution is 2.28. The number of nitrogens with zero attached hydrogens (tertiary/aromatic N) is 3. The lowest BCUT2D eigenvalue weighted by atomic mass is 10.0. The van der Waals surface area contributed by atoms with E-state index in [2.05, 4.69) is 10.2 Å². The van der Waals surface area contributed by atoms with Crippen LogP contribution in [0.25, 0.3) is 17.0 Å². The molecule has 3 rings (SSSR count). The molecule has 0 aliphatic rings. The van der Waals surface area contributed by atoms with Gasteiger partial charge in [0.1, 0.15) is 5.57 Å². The number of carbonyl (C=O) groups is 1. The molecule has 0 fully saturated rings. The number of benzene rings is 2. The molecule has 8 heteroatoms. The minimum absolute atomic E-state index is 0.348. The summed E-state index contributed by atoms with van der Waals surface area (Å²) in [4.78, 5) is 12.1. The van der Waals surface area contributed by atoms with Crippen LogP contribution in [0.2, 0.25) is 0 Å². The molecule has 2 N–H and O–H groups in total. The van der Waals surface area contributed by atoms with Crippen molar-refractivity contribution >= 4 is 23.3 Å². The first-order valence-electron chi connectivity index (χ1n) is 8.44. The standard InChI is InChI=1S/C20H20N4O3S/c1-26-12-17(19(25)27-2)16-11-7-6-10-15(16)13-28-20-23-22-18(24(20)21)14-8-4-3-5-9-14/h3-12H,13,21H2,1-2H3/b17-12+. The maximum Gasteiger partial charge on any atom is 0.341 e. The van der Waals surface area contributed by atoms with Gasteiger partial charge in [-0.15, -0.1) is 10.2 Å². The van der Waals surface area contributed by atoms with Crippen LogP contribution in [0, 0.1) is 0 Å². The van der Waals surface area contributed by atoms with Crippen LogP contribution in [-0.2, 0) is 20.0 Å². The summed E-state index contributed by atoms with van der Waals surface area (Å²) >= 11 is 1.43. The zero-order valence-corrected chi connectivity index (χ0v) is 16.3. The summed E-state index contributed by atoms with van der Waals surface area (Å²) in [5.41, 5.74) is 2.89. The van der Waals surface area contributed by atoms with Crippen LogP contribution in [0.4, 0.5) is 0 Å². The Bertz CT molecular complexity index is 986. The number of methoxy groups -OCH3 is 2. The van der Waals surface area contributed by atoms with Gasteiger partial charge in [0, 0.05) is 11.3 Å². The summed E-state index contributed by atoms with van der Waals surface area (Å²) in [6, 6.07) is 17.2. The molecule has 1 aromatic heterocycles. The second-order valence-electron chi connectivity index (χ2n) is 5.75. The smallest absolute Gasteiger partial charge is 0.341 e. The van der Waals surface area contributed by atoms with Gasteiger partial charge in [0.2, 0.25) is 5.16 Å². The maximum absolute atomic E-state index is 12.1. The van der Waals surface area contributed by atoms with Crippen molar-refractivity contribution in [3.8, 4) is 11.4 Å². The van der Waals surface area contributed by atoms with Crippen molar-refractivity contribution in [3.63, 3.8) is 0 Å². The zero-order valence-electron chi connectivity index (χ0n) is 15.5. The number of aromatic nitrogens is 3. The number of thioether (sulfide) groups is 1. The topological polar surface area (TPSA) is 92.3 Å². The number of ether oxygens (including phenoxy) is 2. The van der Waals surface area contributed by atoms with E-state index in [0.29, 0.717) is 22.3 Å². The van der Waals surface area contributed by atoms with E-state index in [-0.39, 0.29) is 0 Å². The van der Waals surface area contributed by atoms with E-state index in [1.54, 1.807) is 0 Å². The highest BCUT2D eigenvalue weighted by Gasteiger charge is 2.18. The Labute approximate surface area is 167 Å². The molecule has 2 aromatic carbocycles. The van der Waals surface area contributed by atoms with E-state index in [1.807, 2.05) is 54.6 Å². The Morgan fingerprint density at radius 2 is 1.82 bits per heavy atom. The fraction of sp³-hybridized carbons (Fsp3) is 0.150. The molecular formula is C20H20N4O3S. The van der Waals surface area contributed by atoms with Gasteiger partial charge in [-0.3, -0.25) is 0 Å². The van der Waals surface area contributed by atoms with E-state index in [9.17, 15) is 4.79 Å². The second-order valence-corrected chi connectivity index (χ2v) is 6.69. The summed E-state index contributed by atoms with van der Waals surface area (Å²) in [5, 5.41) is 8.95. The van der Waals surface area contributed by atoms with Crippen molar-refractivity contribution < 1.29 is 14.3 Å². The van der Waals surface area contributed by atoms with E-state index in [4.69, 9.17) is 15.3 Å². The molecule has 28 heavy (non-hydrogen) atoms. The van der Waals surface area contributed by atoms with Crippen molar-refractivity contribution in [1.82, 2.24) is 14.9 Å². The monoisotopic (exact) mass is 396 g/mol. The Balaban J connectivity index is 1.84. The molecule has 0 radical (unpaired) electrons. The molecule has 0 aliphatic heterocycles. The van der Waals surface area contributed by atoms with Gasteiger partial charge in [-0.05, 0) is 11.1 Å². The van der Waals surface area contributed by atoms with Crippen LogP contribution in [0.5, 0.6) is 0 Å². The molecule has 0 atom stereocenters. The molecule has 0 amide bonds. The number of hydrogen-bond donors (Lipinski definition) is 1. The average Bonchev–Trinajstić information content (AvgIpc) is 3.11. The van der Waals surface area contributed by atoms with Crippen molar-refractivity contribution in [2.24, 2.45) is 0 Å². The Morgan fingerprint density at radius 3 is 2.54 bits per heavy atom. The molecule has 144 valence electrons. The minimum atomic E-state index is -0.465. The van der Waals surface area contributed by atoms with Crippen molar-refractivity contribution in [2.45, 2.75) is 10.9 Å². The Kier molecular flexibility index (Phi) is 6.33. The average molecular weight is 396 g/mol. The lowest BCUT2D eigenvalue weighted by Crippen LogP contribution is -2.11. The Morgan fingerprint density at radius 1 is 1.11 bits per heavy atom. The van der Waals surface area contributed by atoms with Gasteiger partial charge in [-0.2, -0.15) is 0 Å². The number of nitrogen functional groups attached to an aromatic ring is 1. The van der Waals surface area contributed by atoms with Gasteiger partial charge in [0.15, 0.2) is 5.82 Å². The van der Waals surface area contributed by atoms with Crippen LogP contribution in [0.3, 0.4) is 0 Å². The highest BCUT2D eigenvalue weighted by molar-refractivity contribution is 7.98. The number of rotatable bonds is 7. The van der Waals surface area contributed by atoms with E-state index >= 15 is 0 Å². The van der Waals surface area contributed by atoms with Crippen molar-refractivity contribution in [1.29, 1.82) is 0 Å². The molecule has 7 nitrogen and oxygen atoms in total. The SMILES string of the molecule is CO/C=C(/C(=O)OC)c1ccccc1CSc1nnc(-c2ccccc2)n1N. The number of carbonyl (C=O) groups excluding carboxylic acids is 1. The lowest BCUT2D eigenvalue weighted by Gasteiger charge is -2.11. The summed E-state index contributed by atoms with van der Waals surface area (Å²) < 4.78 is 11.4. The molecule has 0 spiro atoms. The van der Waals surface area contributed by atoms with Gasteiger partial charge in [-0.1, -0.05) is 66.4 Å². The molecule has 0 bridgehead atoms. The zero-order chi connectivity index (χ0) is 19.9. The van der Waals surface area contributed by atoms with Gasteiger partial charge in [0.25, 0.3) is 0 Å². The molecule has 0 unspecified atom stereocenters. The summed E-state index contributed by atoms with van der Waals surface area (Å²) in [5.74, 6) is 6.84. The predicted octanol–water partition coefficient (Wildman–Crippen LogP) is 3.11. The van der Waals surface area contributed by atoms with E-state index in [0.717, 1.165) is 16.7 Å². The number of nitrogens with two attached hydrogens (primary N) is 1. The predicted molar refractivity (Wildman–Crippen MR) is 109 cm³/mol. The fourth-order valence-electron chi connectivity index (χ4n) is 2.66. The van der Waals surface area contributed by atoms with Crippen molar-refractivity contribution in [2.75, 3.05) is 20.1 Å². The highest BCUT2D eigenvalue weighted by atomic mass is 32.2. The molecule has 1 heterocycles. The van der Waals surface area contributed by atoms with Crippen LogP contribution < -0.4 is 5.84 Å². The molecule has 0 aliphatic carbocycles. The lowest BCUT2D eigenvalue weighted by molar-refractivity contribution is -0.133. The van der Waals surface area contributed by atoms with Gasteiger partial charge < -0.3 is 15.3 Å². The molecular weight excluding hydrogens is 376 g/mol. The fourth-order valence-corrected chi connectivity index (χ4v) is 3.52. The van der Waals surface area contributed by atoms with Gasteiger partial charge in [-0.25, -0.2) is 9.47 Å². The first-order valence-corrected chi connectivity index (χ1v) is 9.42. The largest absolute Gasteiger partial charge is 0.503 e. The summed E-state index contributed by atoms with van der Waals surface area (Å²) in [6.07, 6.45) is 1.38. The molecule has 0 saturated carbocycles. The third-order valence-electron chi connectivity index (χ3n) is 4.00. The number of esters is 1. The number of hydrogen-bond acceptors (Lipinski definition) is 7. The summed E-state index contributed by atoms with van der Waals surface area (Å²) in [6.45, 7) is 0. The first kappa shape index (κ1) is 19.5. The van der Waals surface area contributed by atoms with Crippen LogP contribution in [-0.4, -0.2) is 35.1 Å². The maximum atomic E-state index is 12.1. The van der Waals surface area contributed by atoms with E-state index in [1.165, 1.54) is 36.9 Å². The van der Waals surface area contributed by atoms with Crippen LogP contribution in [0.15, 0.2) is 66.0 Å². The first-order chi connectivity index (χ1) is 13.7.